The van der Waals surface area contributed by atoms with E-state index >= 15 is 0 Å². The number of nitrogen functional groups attached to an aromatic ring is 1. The molecule has 1 fully saturated rings. The highest BCUT2D eigenvalue weighted by Crippen LogP contribution is 2.32. The number of anilines is 1. The molecule has 4 aromatic rings. The predicted octanol–water partition coefficient (Wildman–Crippen LogP) is 3.32. The van der Waals surface area contributed by atoms with E-state index in [9.17, 15) is 0 Å². The third-order valence-corrected chi connectivity index (χ3v) is 5.83. The topological polar surface area (TPSA) is 85.0 Å². The van der Waals surface area contributed by atoms with E-state index in [1.807, 2.05) is 36.3 Å². The molecule has 4 heterocycles. The number of rotatable bonds is 5. The molecule has 0 unspecified atom stereocenters. The zero-order chi connectivity index (χ0) is 20.5. The third-order valence-electron chi connectivity index (χ3n) is 5.83. The van der Waals surface area contributed by atoms with Crippen LogP contribution in [0.2, 0.25) is 0 Å². The van der Waals surface area contributed by atoms with Crippen molar-refractivity contribution in [2.75, 3.05) is 38.6 Å². The second-order valence-corrected chi connectivity index (χ2v) is 7.84. The average Bonchev–Trinajstić information content (AvgIpc) is 3.42. The van der Waals surface area contributed by atoms with Crippen molar-refractivity contribution in [3.05, 3.63) is 54.6 Å². The molecule has 0 amide bonds. The molecule has 0 saturated carbocycles. The van der Waals surface area contributed by atoms with Crippen molar-refractivity contribution in [3.8, 4) is 22.3 Å². The second kappa shape index (κ2) is 7.93. The zero-order valence-electron chi connectivity index (χ0n) is 17.1. The van der Waals surface area contributed by atoms with E-state index in [1.165, 1.54) is 0 Å². The molecule has 1 saturated heterocycles. The van der Waals surface area contributed by atoms with Gasteiger partial charge in [-0.15, -0.1) is 0 Å². The van der Waals surface area contributed by atoms with Crippen LogP contribution in [0.5, 0.6) is 0 Å². The van der Waals surface area contributed by atoms with Gasteiger partial charge in [-0.2, -0.15) is 5.10 Å². The largest absolute Gasteiger partial charge is 0.399 e. The van der Waals surface area contributed by atoms with Crippen molar-refractivity contribution < 1.29 is 4.74 Å². The Hall–Kier alpha value is -3.16. The molecular weight excluding hydrogens is 376 g/mol. The number of hydrogen-bond donors (Lipinski definition) is 2. The molecule has 1 aliphatic rings. The Morgan fingerprint density at radius 3 is 2.77 bits per heavy atom. The van der Waals surface area contributed by atoms with Crippen LogP contribution in [0, 0.1) is 6.92 Å². The number of fused-ring (bicyclic) bond motifs is 1. The number of aromatic amines is 1. The molecule has 3 aromatic heterocycles. The lowest BCUT2D eigenvalue weighted by atomic mass is 10.0. The number of aryl methyl sites for hydroxylation is 1. The van der Waals surface area contributed by atoms with Gasteiger partial charge in [0.25, 0.3) is 0 Å². The minimum atomic E-state index is 0.807. The van der Waals surface area contributed by atoms with E-state index in [0.29, 0.717) is 0 Å². The standard InChI is InChI=1S/C23H26N6O/c1-16-10-17(2-3-22(16)24)21-14-26-23-20(21)11-18(12-25-23)19-13-27-29(15-19)5-4-28-6-8-30-9-7-28/h2-3,10-15H,4-9,24H2,1H3,(H,25,26). The Labute approximate surface area is 175 Å². The summed E-state index contributed by atoms with van der Waals surface area (Å²) < 4.78 is 7.43. The Morgan fingerprint density at radius 1 is 1.07 bits per heavy atom. The Balaban J connectivity index is 1.40. The summed E-state index contributed by atoms with van der Waals surface area (Å²) in [5.74, 6) is 0. The summed E-state index contributed by atoms with van der Waals surface area (Å²) in [5, 5.41) is 5.65. The summed E-state index contributed by atoms with van der Waals surface area (Å²) in [6.07, 6.45) is 7.93. The minimum Gasteiger partial charge on any atom is -0.399 e. The molecule has 5 rings (SSSR count). The van der Waals surface area contributed by atoms with E-state index in [2.05, 4.69) is 44.4 Å². The first-order valence-electron chi connectivity index (χ1n) is 10.3. The fraction of sp³-hybridized carbons (Fsp3) is 0.304. The summed E-state index contributed by atoms with van der Waals surface area (Å²) in [6.45, 7) is 7.52. The molecule has 30 heavy (non-hydrogen) atoms. The van der Waals surface area contributed by atoms with Crippen LogP contribution < -0.4 is 5.73 Å². The maximum absolute atomic E-state index is 5.99. The van der Waals surface area contributed by atoms with E-state index in [-0.39, 0.29) is 0 Å². The number of nitrogens with two attached hydrogens (primary N) is 1. The third kappa shape index (κ3) is 3.69. The molecule has 0 bridgehead atoms. The van der Waals surface area contributed by atoms with Crippen molar-refractivity contribution in [1.82, 2.24) is 24.6 Å². The van der Waals surface area contributed by atoms with Crippen LogP contribution in [-0.2, 0) is 11.3 Å². The molecule has 7 heteroatoms. The van der Waals surface area contributed by atoms with Crippen molar-refractivity contribution >= 4 is 16.7 Å². The van der Waals surface area contributed by atoms with Crippen LogP contribution >= 0.6 is 0 Å². The maximum atomic E-state index is 5.99. The molecule has 0 aliphatic carbocycles. The quantitative estimate of drug-likeness (QED) is 0.500. The van der Waals surface area contributed by atoms with Gasteiger partial charge in [0.2, 0.25) is 0 Å². The van der Waals surface area contributed by atoms with Gasteiger partial charge in [-0.1, -0.05) is 6.07 Å². The highest BCUT2D eigenvalue weighted by atomic mass is 16.5. The van der Waals surface area contributed by atoms with Gasteiger partial charge in [0.15, 0.2) is 0 Å². The molecule has 0 radical (unpaired) electrons. The number of benzene rings is 1. The molecular formula is C23H26N6O. The van der Waals surface area contributed by atoms with Gasteiger partial charge in [0, 0.05) is 66.0 Å². The lowest BCUT2D eigenvalue weighted by Gasteiger charge is -2.26. The van der Waals surface area contributed by atoms with Gasteiger partial charge in [0.05, 0.1) is 26.0 Å². The highest BCUT2D eigenvalue weighted by Gasteiger charge is 2.12. The van der Waals surface area contributed by atoms with Gasteiger partial charge >= 0.3 is 0 Å². The molecule has 0 spiro atoms. The average molecular weight is 403 g/mol. The van der Waals surface area contributed by atoms with Gasteiger partial charge in [-0.25, -0.2) is 4.98 Å². The summed E-state index contributed by atoms with van der Waals surface area (Å²) in [7, 11) is 0. The predicted molar refractivity (Wildman–Crippen MR) is 119 cm³/mol. The fourth-order valence-electron chi connectivity index (χ4n) is 3.95. The van der Waals surface area contributed by atoms with Gasteiger partial charge in [0.1, 0.15) is 5.65 Å². The van der Waals surface area contributed by atoms with Crippen molar-refractivity contribution in [1.29, 1.82) is 0 Å². The fourth-order valence-corrected chi connectivity index (χ4v) is 3.95. The highest BCUT2D eigenvalue weighted by molar-refractivity contribution is 5.96. The molecule has 0 atom stereocenters. The van der Waals surface area contributed by atoms with E-state index in [1.54, 1.807) is 0 Å². The van der Waals surface area contributed by atoms with Crippen LogP contribution in [0.3, 0.4) is 0 Å². The second-order valence-electron chi connectivity index (χ2n) is 7.84. The summed E-state index contributed by atoms with van der Waals surface area (Å²) in [4.78, 5) is 10.3. The molecule has 1 aromatic carbocycles. The number of aromatic nitrogens is 4. The number of morpholine rings is 1. The first-order chi connectivity index (χ1) is 14.7. The van der Waals surface area contributed by atoms with Gasteiger partial charge in [-0.3, -0.25) is 9.58 Å². The number of H-pyrrole nitrogens is 1. The van der Waals surface area contributed by atoms with Crippen molar-refractivity contribution in [3.63, 3.8) is 0 Å². The van der Waals surface area contributed by atoms with Crippen LogP contribution in [0.15, 0.2) is 49.1 Å². The van der Waals surface area contributed by atoms with Crippen LogP contribution in [0.25, 0.3) is 33.3 Å². The number of nitrogens with one attached hydrogen (secondary N) is 1. The number of ether oxygens (including phenoxy) is 1. The monoisotopic (exact) mass is 402 g/mol. The van der Waals surface area contributed by atoms with Crippen LogP contribution in [-0.4, -0.2) is 57.5 Å². The minimum absolute atomic E-state index is 0.807. The van der Waals surface area contributed by atoms with Gasteiger partial charge in [-0.05, 0) is 36.2 Å². The van der Waals surface area contributed by atoms with E-state index < -0.39 is 0 Å². The molecule has 154 valence electrons. The van der Waals surface area contributed by atoms with Crippen molar-refractivity contribution in [2.45, 2.75) is 13.5 Å². The lowest BCUT2D eigenvalue weighted by Crippen LogP contribution is -2.38. The molecule has 1 aliphatic heterocycles. The maximum Gasteiger partial charge on any atom is 0.137 e. The van der Waals surface area contributed by atoms with Gasteiger partial charge < -0.3 is 15.5 Å². The van der Waals surface area contributed by atoms with Crippen LogP contribution in [0.4, 0.5) is 5.69 Å². The van der Waals surface area contributed by atoms with E-state index in [4.69, 9.17) is 10.5 Å². The zero-order valence-corrected chi connectivity index (χ0v) is 17.1. The van der Waals surface area contributed by atoms with Crippen molar-refractivity contribution in [2.24, 2.45) is 0 Å². The lowest BCUT2D eigenvalue weighted by molar-refractivity contribution is 0.0360. The SMILES string of the molecule is Cc1cc(-c2c[nH]c3ncc(-c4cnn(CCN5CCOCC5)c4)cc23)ccc1N. The van der Waals surface area contributed by atoms with Crippen LogP contribution in [0.1, 0.15) is 5.56 Å². The normalized spacial score (nSPS) is 15.1. The Bertz CT molecular complexity index is 1170. The summed E-state index contributed by atoms with van der Waals surface area (Å²) in [5.41, 5.74) is 13.2. The molecule has 3 N–H and O–H groups in total. The van der Waals surface area contributed by atoms with E-state index in [0.717, 1.165) is 83.9 Å². The molecule has 7 nitrogen and oxygen atoms in total. The first-order valence-corrected chi connectivity index (χ1v) is 10.3. The smallest absolute Gasteiger partial charge is 0.137 e. The number of hydrogen-bond acceptors (Lipinski definition) is 5. The number of pyridine rings is 1. The Kier molecular flexibility index (Phi) is 4.98. The summed E-state index contributed by atoms with van der Waals surface area (Å²) in [6, 6.07) is 8.32. The first kappa shape index (κ1) is 18.8. The number of nitrogens with zero attached hydrogens (tertiary/aromatic N) is 4. The summed E-state index contributed by atoms with van der Waals surface area (Å²) >= 11 is 0. The Morgan fingerprint density at radius 2 is 1.93 bits per heavy atom.